The highest BCUT2D eigenvalue weighted by Gasteiger charge is 2.30. The van der Waals surface area contributed by atoms with Crippen molar-refractivity contribution in [3.8, 4) is 17.3 Å². The Bertz CT molecular complexity index is 2110. The van der Waals surface area contributed by atoms with Crippen molar-refractivity contribution in [3.63, 3.8) is 0 Å². The standard InChI is InChI=1S/C39H40N4O/c1-38(2,3)27-17-18-40-36(23-27)43-33-13-9-8-12-31(33)32-16-15-29(24-34(32)43)44-30-21-26(20-28(22-30)39(4,5)6)35-25-41(7)37-14-10-11-19-42(35)37/h8-25,37H,1-7H3/i7D3. The van der Waals surface area contributed by atoms with E-state index in [1.54, 1.807) is 6.20 Å². The molecule has 1 atom stereocenters. The summed E-state index contributed by atoms with van der Waals surface area (Å²) < 4.78 is 33.4. The van der Waals surface area contributed by atoms with Gasteiger partial charge in [0.1, 0.15) is 23.5 Å². The first-order valence-corrected chi connectivity index (χ1v) is 15.2. The van der Waals surface area contributed by atoms with Gasteiger partial charge in [-0.1, -0.05) is 65.8 Å². The lowest BCUT2D eigenvalue weighted by Crippen LogP contribution is -2.33. The average molecular weight is 584 g/mol. The Balaban J connectivity index is 1.34. The lowest BCUT2D eigenvalue weighted by atomic mass is 9.85. The summed E-state index contributed by atoms with van der Waals surface area (Å²) in [5.41, 5.74) is 5.90. The van der Waals surface area contributed by atoms with Gasteiger partial charge in [-0.25, -0.2) is 4.98 Å². The number of aromatic nitrogens is 2. The van der Waals surface area contributed by atoms with E-state index in [4.69, 9.17) is 13.8 Å². The van der Waals surface area contributed by atoms with Crippen molar-refractivity contribution in [2.24, 2.45) is 0 Å². The molecular formula is C39H40N4O. The van der Waals surface area contributed by atoms with Crippen molar-refractivity contribution in [1.82, 2.24) is 19.4 Å². The smallest absolute Gasteiger partial charge is 0.137 e. The van der Waals surface area contributed by atoms with Crippen molar-refractivity contribution in [3.05, 3.63) is 126 Å². The van der Waals surface area contributed by atoms with E-state index in [1.807, 2.05) is 47.7 Å². The first-order valence-electron chi connectivity index (χ1n) is 16.7. The summed E-state index contributed by atoms with van der Waals surface area (Å²) in [6.45, 7) is 10.9. The topological polar surface area (TPSA) is 33.5 Å². The lowest BCUT2D eigenvalue weighted by molar-refractivity contribution is 0.282. The Hall–Kier alpha value is -4.77. The van der Waals surface area contributed by atoms with Crippen LogP contribution in [0.5, 0.6) is 11.5 Å². The number of fused-ring (bicyclic) bond motifs is 4. The van der Waals surface area contributed by atoms with Gasteiger partial charge in [0.05, 0.1) is 16.7 Å². The monoisotopic (exact) mass is 583 g/mol. The zero-order valence-electron chi connectivity index (χ0n) is 29.2. The van der Waals surface area contributed by atoms with Crippen LogP contribution in [0.4, 0.5) is 0 Å². The Morgan fingerprint density at radius 3 is 2.36 bits per heavy atom. The fourth-order valence-corrected chi connectivity index (χ4v) is 6.08. The number of ether oxygens (including phenoxy) is 1. The molecule has 2 aromatic heterocycles. The van der Waals surface area contributed by atoms with Crippen molar-refractivity contribution >= 4 is 27.5 Å². The van der Waals surface area contributed by atoms with Gasteiger partial charge in [-0.2, -0.15) is 0 Å². The molecule has 0 amide bonds. The molecule has 0 spiro atoms. The number of hydrogen-bond acceptors (Lipinski definition) is 4. The first-order chi connectivity index (χ1) is 22.2. The van der Waals surface area contributed by atoms with E-state index in [9.17, 15) is 0 Å². The summed E-state index contributed by atoms with van der Waals surface area (Å²) in [6, 6.07) is 25.1. The zero-order valence-corrected chi connectivity index (χ0v) is 26.2. The fraction of sp³-hybridized carbons (Fsp3) is 0.256. The van der Waals surface area contributed by atoms with Crippen LogP contribution >= 0.6 is 0 Å². The summed E-state index contributed by atoms with van der Waals surface area (Å²) >= 11 is 0. The van der Waals surface area contributed by atoms with Gasteiger partial charge in [0, 0.05) is 52.1 Å². The molecule has 5 heteroatoms. The SMILES string of the molecule is [2H]C([2H])([2H])N1C=C(c2cc(Oc3ccc4c5ccccc5n(-c5cc(C(C)(C)C)ccn5)c4c3)cc(C(C)(C)C)c2)N2C=CC=CC21. The molecule has 0 saturated carbocycles. The van der Waals surface area contributed by atoms with Gasteiger partial charge >= 0.3 is 0 Å². The van der Waals surface area contributed by atoms with Crippen molar-refractivity contribution in [2.45, 2.75) is 58.5 Å². The van der Waals surface area contributed by atoms with Crippen LogP contribution in [0.3, 0.4) is 0 Å². The van der Waals surface area contributed by atoms with Crippen molar-refractivity contribution in [1.29, 1.82) is 0 Å². The maximum Gasteiger partial charge on any atom is 0.137 e. The van der Waals surface area contributed by atoms with Gasteiger partial charge in [0.2, 0.25) is 0 Å². The lowest BCUT2D eigenvalue weighted by Gasteiger charge is -2.29. The van der Waals surface area contributed by atoms with Gasteiger partial charge in [-0.05, 0) is 82.6 Å². The molecule has 222 valence electrons. The molecular weight excluding hydrogens is 540 g/mol. The van der Waals surface area contributed by atoms with Crippen LogP contribution in [0, 0.1) is 0 Å². The summed E-state index contributed by atoms with van der Waals surface area (Å²) in [5.74, 6) is 2.25. The van der Waals surface area contributed by atoms with E-state index in [2.05, 4.69) is 107 Å². The molecule has 0 aliphatic carbocycles. The molecule has 0 N–H and O–H groups in total. The normalized spacial score (nSPS) is 17.9. The number of benzene rings is 3. The number of likely N-dealkylation sites (N-methyl/N-ethyl adjacent to an activating group) is 1. The van der Waals surface area contributed by atoms with E-state index < -0.39 is 13.1 Å². The van der Waals surface area contributed by atoms with Gasteiger partial charge < -0.3 is 14.5 Å². The molecule has 4 heterocycles. The first kappa shape index (κ1) is 24.6. The van der Waals surface area contributed by atoms with E-state index >= 15 is 0 Å². The number of para-hydroxylation sites is 1. The molecule has 2 aliphatic heterocycles. The molecule has 7 rings (SSSR count). The minimum absolute atomic E-state index is 0.0178. The van der Waals surface area contributed by atoms with E-state index in [0.29, 0.717) is 11.5 Å². The average Bonchev–Trinajstić information content (AvgIpc) is 3.57. The van der Waals surface area contributed by atoms with Crippen LogP contribution in [0.15, 0.2) is 110 Å². The molecule has 2 aliphatic rings. The number of nitrogens with zero attached hydrogens (tertiary/aromatic N) is 4. The Morgan fingerprint density at radius 2 is 1.57 bits per heavy atom. The molecule has 5 aromatic rings. The molecule has 44 heavy (non-hydrogen) atoms. The zero-order chi connectivity index (χ0) is 33.3. The Morgan fingerprint density at radius 1 is 0.773 bits per heavy atom. The molecule has 0 bridgehead atoms. The summed E-state index contributed by atoms with van der Waals surface area (Å²) in [5, 5.41) is 2.27. The van der Waals surface area contributed by atoms with Crippen LogP contribution in [0.2, 0.25) is 0 Å². The third kappa shape index (κ3) is 4.86. The minimum atomic E-state index is -2.28. The Labute approximate surface area is 264 Å². The maximum atomic E-state index is 8.16. The largest absolute Gasteiger partial charge is 0.457 e. The van der Waals surface area contributed by atoms with Crippen LogP contribution in [0.25, 0.3) is 33.3 Å². The van der Waals surface area contributed by atoms with Gasteiger partial charge in [-0.15, -0.1) is 0 Å². The van der Waals surface area contributed by atoms with Gasteiger partial charge in [-0.3, -0.25) is 4.57 Å². The third-order valence-electron chi connectivity index (χ3n) is 8.54. The second-order valence-electron chi connectivity index (χ2n) is 13.8. The van der Waals surface area contributed by atoms with Gasteiger partial charge in [0.25, 0.3) is 0 Å². The molecule has 0 saturated heterocycles. The number of hydrogen-bond donors (Lipinski definition) is 0. The fourth-order valence-electron chi connectivity index (χ4n) is 6.08. The maximum absolute atomic E-state index is 8.16. The second-order valence-corrected chi connectivity index (χ2v) is 13.8. The van der Waals surface area contributed by atoms with E-state index in [1.165, 1.54) is 10.5 Å². The Kier molecular flexibility index (Phi) is 5.69. The molecule has 5 nitrogen and oxygen atoms in total. The molecule has 3 aromatic carbocycles. The van der Waals surface area contributed by atoms with Crippen molar-refractivity contribution < 1.29 is 8.85 Å². The summed E-state index contributed by atoms with van der Waals surface area (Å²) in [4.78, 5) is 8.25. The highest BCUT2D eigenvalue weighted by atomic mass is 16.5. The highest BCUT2D eigenvalue weighted by Crippen LogP contribution is 2.39. The quantitative estimate of drug-likeness (QED) is 0.211. The number of pyridine rings is 1. The second kappa shape index (κ2) is 10.2. The van der Waals surface area contributed by atoms with E-state index in [-0.39, 0.29) is 10.8 Å². The third-order valence-corrected chi connectivity index (χ3v) is 8.54. The number of allylic oxidation sites excluding steroid dienone is 2. The van der Waals surface area contributed by atoms with Crippen molar-refractivity contribution in [2.75, 3.05) is 6.98 Å². The van der Waals surface area contributed by atoms with Crippen LogP contribution in [-0.4, -0.2) is 32.5 Å². The van der Waals surface area contributed by atoms with Crippen LogP contribution in [-0.2, 0) is 10.8 Å². The summed E-state index contributed by atoms with van der Waals surface area (Å²) in [7, 11) is 0. The van der Waals surface area contributed by atoms with Gasteiger partial charge in [0.15, 0.2) is 0 Å². The predicted molar refractivity (Wildman–Crippen MR) is 182 cm³/mol. The van der Waals surface area contributed by atoms with E-state index in [0.717, 1.165) is 44.4 Å². The predicted octanol–water partition coefficient (Wildman–Crippen LogP) is 9.52. The molecule has 0 radical (unpaired) electrons. The number of rotatable bonds is 4. The van der Waals surface area contributed by atoms with Crippen LogP contribution in [0.1, 0.15) is 62.3 Å². The minimum Gasteiger partial charge on any atom is -0.457 e. The van der Waals surface area contributed by atoms with Crippen LogP contribution < -0.4 is 4.74 Å². The molecule has 1 unspecified atom stereocenters. The molecule has 0 fully saturated rings. The summed E-state index contributed by atoms with van der Waals surface area (Å²) in [6.07, 6.45) is 10.9. The highest BCUT2D eigenvalue weighted by molar-refractivity contribution is 6.09.